The number of rotatable bonds is 32. The summed E-state index contributed by atoms with van der Waals surface area (Å²) in [6.45, 7) is 16.8. The number of hydrogen-bond donors (Lipinski definition) is 8. The Morgan fingerprint density at radius 3 is 1.22 bits per heavy atom. The van der Waals surface area contributed by atoms with Gasteiger partial charge in [-0.15, -0.1) is 0 Å². The molecule has 0 radical (unpaired) electrons. The molecule has 0 saturated carbocycles. The number of ether oxygens (including phenoxy) is 3. The summed E-state index contributed by atoms with van der Waals surface area (Å²) in [6, 6.07) is 45.4. The van der Waals surface area contributed by atoms with Crippen molar-refractivity contribution in [2.45, 2.75) is 38.5 Å². The molecule has 0 bridgehead atoms. The smallest absolute Gasteiger partial charge is 0.267 e. The summed E-state index contributed by atoms with van der Waals surface area (Å²) in [5.74, 6) is 3.19. The van der Waals surface area contributed by atoms with Gasteiger partial charge in [0, 0.05) is 90.8 Å². The van der Waals surface area contributed by atoms with Gasteiger partial charge >= 0.3 is 0 Å². The van der Waals surface area contributed by atoms with Crippen molar-refractivity contribution >= 4 is 92.7 Å². The van der Waals surface area contributed by atoms with E-state index in [2.05, 4.69) is 131 Å². The lowest BCUT2D eigenvalue weighted by atomic mass is 9.98. The Morgan fingerprint density at radius 2 is 0.813 bits per heavy atom. The van der Waals surface area contributed by atoms with Gasteiger partial charge in [0.2, 0.25) is 35.6 Å². The van der Waals surface area contributed by atoms with E-state index in [1.54, 1.807) is 74.0 Å². The molecule has 3 saturated heterocycles. The average Bonchev–Trinajstić information content (AvgIpc) is 0.935. The minimum absolute atomic E-state index is 0.00499. The molecule has 0 spiro atoms. The van der Waals surface area contributed by atoms with Gasteiger partial charge in [0.1, 0.15) is 25.8 Å². The minimum atomic E-state index is -0.607. The number of hydrogen-bond acceptors (Lipinski definition) is 20. The van der Waals surface area contributed by atoms with E-state index in [0.29, 0.717) is 95.1 Å². The standard InChI is InChI=1S/C27H31FN6O2.C27H30FN5O3.C26H28F2N6O/c1-3-25(35)30-22-5-4-6-23(16-22)31-26-24(36-2)17-29-27(33-26)32-21-9-7-19(8-10-21)15-20-11-13-34(18-20)14-12-28;1-3-25(34)30-22-5-4-6-23(16-22)36-26-24(35-2)17-29-27(32-26)31-21-9-7-19(8-10-21)15-20-11-13-33(18-20)14-12-28;1-2-24(35)30-21-4-3-5-22(15-21)31-25-23(28)16-29-26(33-25)32-20-8-6-18(7-9-20)14-19-10-12-34(17-19)13-11-27/h3-10,16-17,20H,1,11-15,18H2,2H3,(H,30,35)(H2,29,31,32,33);3-10,16-17,20H,1,11-15,18H2,2H3,(H,30,34)(H,29,31,32);2-9,15-16,19H,1,10-14,17H2,(H,30,35)(H2,29,31,32,33)/t2*20-;19-/m011/s1. The number of methoxy groups -OCH3 is 2. The lowest BCUT2D eigenvalue weighted by molar-refractivity contribution is -0.112. The third kappa shape index (κ3) is 24.4. The number of anilines is 13. The number of alkyl halides is 3. The zero-order valence-electron chi connectivity index (χ0n) is 59.9. The van der Waals surface area contributed by atoms with Crippen LogP contribution in [0.5, 0.6) is 23.1 Å². The van der Waals surface area contributed by atoms with E-state index >= 15 is 0 Å². The zero-order chi connectivity index (χ0) is 75.3. The average molecular weight is 1460 g/mol. The number of carbonyl (C=O) groups excluding carboxylic acids is 3. The third-order valence-electron chi connectivity index (χ3n) is 17.8. The number of nitrogens with zero attached hydrogens (tertiary/aromatic N) is 9. The van der Waals surface area contributed by atoms with Gasteiger partial charge in [0.25, 0.3) is 5.88 Å². The van der Waals surface area contributed by atoms with Gasteiger partial charge in [-0.05, 0) is 196 Å². The van der Waals surface area contributed by atoms with Crippen molar-refractivity contribution in [2.75, 3.05) is 136 Å². The molecule has 3 atom stereocenters. The Labute approximate surface area is 620 Å². The van der Waals surface area contributed by atoms with Crippen molar-refractivity contribution in [3.8, 4) is 23.1 Å². The highest BCUT2D eigenvalue weighted by Gasteiger charge is 2.25. The molecular formula is C80H89F4N17O6. The maximum atomic E-state index is 14.4. The van der Waals surface area contributed by atoms with Crippen LogP contribution < -0.4 is 56.7 Å². The molecular weight excluding hydrogens is 1370 g/mol. The highest BCUT2D eigenvalue weighted by Crippen LogP contribution is 2.34. The third-order valence-corrected chi connectivity index (χ3v) is 17.8. The van der Waals surface area contributed by atoms with E-state index in [9.17, 15) is 31.9 Å². The Bertz CT molecular complexity index is 4240. The summed E-state index contributed by atoms with van der Waals surface area (Å²) < 4.78 is 68.8. The highest BCUT2D eigenvalue weighted by atomic mass is 19.1. The molecule has 3 aromatic heterocycles. The summed E-state index contributed by atoms with van der Waals surface area (Å²) in [7, 11) is 3.07. The van der Waals surface area contributed by atoms with Crippen molar-refractivity contribution in [2.24, 2.45) is 17.8 Å². The number of likely N-dealkylation sites (tertiary alicyclic amines) is 3. The van der Waals surface area contributed by atoms with Crippen LogP contribution in [0.15, 0.2) is 202 Å². The van der Waals surface area contributed by atoms with Crippen LogP contribution in [0.25, 0.3) is 0 Å². The number of amides is 3. The van der Waals surface area contributed by atoms with Crippen molar-refractivity contribution in [1.29, 1.82) is 0 Å². The van der Waals surface area contributed by atoms with E-state index in [1.807, 2.05) is 60.7 Å². The van der Waals surface area contributed by atoms with Crippen LogP contribution in [-0.4, -0.2) is 155 Å². The van der Waals surface area contributed by atoms with Crippen LogP contribution in [-0.2, 0) is 33.6 Å². The fourth-order valence-electron chi connectivity index (χ4n) is 12.5. The summed E-state index contributed by atoms with van der Waals surface area (Å²) in [5, 5.41) is 23.8. The largest absolute Gasteiger partial charge is 0.491 e. The number of benzene rings is 6. The van der Waals surface area contributed by atoms with E-state index in [1.165, 1.54) is 48.2 Å². The lowest BCUT2D eigenvalue weighted by Gasteiger charge is -2.14. The van der Waals surface area contributed by atoms with Gasteiger partial charge < -0.3 is 71.4 Å². The van der Waals surface area contributed by atoms with Gasteiger partial charge in [-0.1, -0.05) is 74.3 Å². The Hall–Kier alpha value is -11.8. The fraction of sp³-hybridized carbons (Fsp3) is 0.287. The molecule has 23 nitrogen and oxygen atoms in total. The predicted octanol–water partition coefficient (Wildman–Crippen LogP) is 15.0. The van der Waals surface area contributed by atoms with E-state index < -0.39 is 5.82 Å². The number of aromatic nitrogens is 6. The van der Waals surface area contributed by atoms with Crippen LogP contribution in [0, 0.1) is 23.6 Å². The normalized spacial score (nSPS) is 15.4. The van der Waals surface area contributed by atoms with Crippen LogP contribution in [0.4, 0.5) is 92.5 Å². The van der Waals surface area contributed by atoms with Crippen molar-refractivity contribution in [3.63, 3.8) is 0 Å². The second-order valence-electron chi connectivity index (χ2n) is 25.7. The van der Waals surface area contributed by atoms with E-state index in [-0.39, 0.29) is 55.4 Å². The van der Waals surface area contributed by atoms with Crippen LogP contribution >= 0.6 is 0 Å². The molecule has 9 aromatic rings. The second kappa shape index (κ2) is 39.9. The van der Waals surface area contributed by atoms with Crippen molar-refractivity contribution in [1.82, 2.24) is 44.6 Å². The lowest BCUT2D eigenvalue weighted by Crippen LogP contribution is -2.23. The van der Waals surface area contributed by atoms with E-state index in [4.69, 9.17) is 14.2 Å². The molecule has 0 unspecified atom stereocenters. The van der Waals surface area contributed by atoms with Gasteiger partial charge in [-0.3, -0.25) is 14.4 Å². The van der Waals surface area contributed by atoms with Crippen molar-refractivity contribution < 1.29 is 46.2 Å². The van der Waals surface area contributed by atoms with Gasteiger partial charge in [-0.25, -0.2) is 32.5 Å². The quantitative estimate of drug-likeness (QED) is 0.0144. The minimum Gasteiger partial charge on any atom is -0.491 e. The number of nitrogens with one attached hydrogen (secondary N) is 8. The molecule has 3 aliphatic heterocycles. The SMILES string of the molecule is C=CC(=O)Nc1cccc(Nc2nc(Nc3ccc(C[C@@H]4CCN(CCF)C4)cc3)ncc2OC)c1.C=CC(=O)Nc1cccc(Nc2nc(Nc3ccc(C[C@H]4CCN(CCF)C4)cc3)ncc2F)c1.C=CC(=O)Nc1cccc(Oc2nc(Nc3ccc(C[C@H]4CCN(CCF)C4)cc3)ncc2OC)c1. The van der Waals surface area contributed by atoms with Crippen molar-refractivity contribution in [3.05, 3.63) is 225 Å². The molecule has 0 aliphatic carbocycles. The first-order valence-corrected chi connectivity index (χ1v) is 35.2. The van der Waals surface area contributed by atoms with Gasteiger partial charge in [0.05, 0.1) is 32.8 Å². The monoisotopic (exact) mass is 1460 g/mol. The number of halogens is 4. The first-order chi connectivity index (χ1) is 52.1. The molecule has 3 amide bonds. The molecule has 3 fully saturated rings. The van der Waals surface area contributed by atoms with Gasteiger partial charge in [-0.2, -0.15) is 15.0 Å². The van der Waals surface area contributed by atoms with Crippen LogP contribution in [0.1, 0.15) is 36.0 Å². The Balaban J connectivity index is 0.000000172. The maximum Gasteiger partial charge on any atom is 0.267 e. The molecule has 107 heavy (non-hydrogen) atoms. The van der Waals surface area contributed by atoms with Gasteiger partial charge in [0.15, 0.2) is 29.0 Å². The Morgan fingerprint density at radius 1 is 0.449 bits per heavy atom. The van der Waals surface area contributed by atoms with Crippen LogP contribution in [0.3, 0.4) is 0 Å². The van der Waals surface area contributed by atoms with Crippen LogP contribution in [0.2, 0.25) is 0 Å². The molecule has 12 rings (SSSR count). The molecule has 27 heteroatoms. The summed E-state index contributed by atoms with van der Waals surface area (Å²) >= 11 is 0. The Kier molecular flexibility index (Phi) is 29.0. The molecule has 6 heterocycles. The summed E-state index contributed by atoms with van der Waals surface area (Å²) in [6.07, 6.45) is 14.0. The van der Waals surface area contributed by atoms with E-state index in [0.717, 1.165) is 107 Å². The molecule has 558 valence electrons. The zero-order valence-corrected chi connectivity index (χ0v) is 59.9. The summed E-state index contributed by atoms with van der Waals surface area (Å²) in [5.41, 5.74) is 9.23. The first kappa shape index (κ1) is 77.8. The fourth-order valence-corrected chi connectivity index (χ4v) is 12.5. The predicted molar refractivity (Wildman–Crippen MR) is 413 cm³/mol. The summed E-state index contributed by atoms with van der Waals surface area (Å²) in [4.78, 5) is 67.2. The second-order valence-corrected chi connectivity index (χ2v) is 25.7. The highest BCUT2D eigenvalue weighted by molar-refractivity contribution is 6.00. The maximum absolute atomic E-state index is 14.4. The number of carbonyl (C=O) groups is 3. The molecule has 3 aliphatic rings. The molecule has 8 N–H and O–H groups in total. The topological polar surface area (TPSA) is 262 Å². The molecule has 6 aromatic carbocycles. The first-order valence-electron chi connectivity index (χ1n) is 35.2.